The van der Waals surface area contributed by atoms with E-state index in [0.29, 0.717) is 11.4 Å². The molecule has 43 heavy (non-hydrogen) atoms. The van der Waals surface area contributed by atoms with Gasteiger partial charge in [0.2, 0.25) is 5.28 Å². The van der Waals surface area contributed by atoms with E-state index in [1.807, 2.05) is 0 Å². The van der Waals surface area contributed by atoms with Crippen LogP contribution in [0.5, 0.6) is 0 Å². The van der Waals surface area contributed by atoms with Crippen molar-refractivity contribution in [1.82, 2.24) is 19.5 Å². The Morgan fingerprint density at radius 1 is 1.40 bits per heavy atom. The highest BCUT2D eigenvalue weighted by atomic mass is 35.5. The fourth-order valence-electron chi connectivity index (χ4n) is 4.77. The first-order chi connectivity index (χ1) is 20.5. The van der Waals surface area contributed by atoms with Gasteiger partial charge in [0.1, 0.15) is 17.7 Å². The maximum Gasteiger partial charge on any atom is 0.314 e. The Balaban J connectivity index is 1.40. The number of non-ortho nitro benzene ring substituents is 1. The number of carbonyl (C=O) groups is 1. The van der Waals surface area contributed by atoms with Crippen LogP contribution in [-0.2, 0) is 19.0 Å². The van der Waals surface area contributed by atoms with Crippen LogP contribution in [0.2, 0.25) is 5.28 Å². The van der Waals surface area contributed by atoms with Gasteiger partial charge in [-0.05, 0) is 43.0 Å². The van der Waals surface area contributed by atoms with Crippen molar-refractivity contribution in [2.75, 3.05) is 23.8 Å². The molecule has 2 aromatic heterocycles. The zero-order chi connectivity index (χ0) is 31.1. The Morgan fingerprint density at radius 2 is 2.12 bits per heavy atom. The number of esters is 1. The van der Waals surface area contributed by atoms with Crippen molar-refractivity contribution in [3.8, 4) is 12.3 Å². The molecule has 1 saturated heterocycles. The second kappa shape index (κ2) is 12.0. The number of aliphatic hydroxyl groups excluding tert-OH is 1. The number of nitrogens with two attached hydrogens (primary N) is 1. The van der Waals surface area contributed by atoms with Gasteiger partial charge >= 0.3 is 5.97 Å². The van der Waals surface area contributed by atoms with Crippen LogP contribution >= 0.6 is 23.4 Å². The quantitative estimate of drug-likeness (QED) is 0.102. The maximum absolute atomic E-state index is 12.6. The summed E-state index contributed by atoms with van der Waals surface area (Å²) >= 11 is 7.18. The highest BCUT2D eigenvalue weighted by Gasteiger charge is 2.56. The summed E-state index contributed by atoms with van der Waals surface area (Å²) in [5, 5.41) is 35.2. The predicted octanol–water partition coefficient (Wildman–Crippen LogP) is 2.19. The SMILES string of the molecule is C#C[C@@]1(O)[C@@H](COC2SC=C(C(C)C(=O)OCC)N2c2ccc([N+](=O)[O-])cc2)O[C@@H](n2cnc3c(N)nc(Cl)nc32)[C@@H]1O. The summed E-state index contributed by atoms with van der Waals surface area (Å²) in [5.41, 5.74) is 4.16. The molecule has 1 aromatic carbocycles. The zero-order valence-electron chi connectivity index (χ0n) is 22.7. The Morgan fingerprint density at radius 3 is 2.77 bits per heavy atom. The summed E-state index contributed by atoms with van der Waals surface area (Å²) in [5.74, 6) is 1.06. The molecule has 0 radical (unpaired) electrons. The molecule has 0 spiro atoms. The van der Waals surface area contributed by atoms with Crippen molar-refractivity contribution >= 4 is 57.7 Å². The molecule has 2 aliphatic rings. The number of carbonyl (C=O) groups excluding carboxylic acids is 1. The second-order valence-electron chi connectivity index (χ2n) is 9.57. The number of hydrogen-bond acceptors (Lipinski definition) is 14. The van der Waals surface area contributed by atoms with Crippen molar-refractivity contribution in [1.29, 1.82) is 0 Å². The molecule has 6 atom stereocenters. The largest absolute Gasteiger partial charge is 0.465 e. The molecule has 226 valence electrons. The number of rotatable bonds is 9. The van der Waals surface area contributed by atoms with Crippen LogP contribution < -0.4 is 10.6 Å². The topological polar surface area (TPSA) is 201 Å². The Labute approximate surface area is 253 Å². The number of nitro benzene ring substituents is 1. The molecule has 0 amide bonds. The van der Waals surface area contributed by atoms with Crippen LogP contribution in [0.15, 0.2) is 41.7 Å². The smallest absolute Gasteiger partial charge is 0.314 e. The van der Waals surface area contributed by atoms with Gasteiger partial charge in [0.05, 0.1) is 30.4 Å². The van der Waals surface area contributed by atoms with Crippen LogP contribution in [-0.4, -0.2) is 77.2 Å². The number of imidazole rings is 1. The van der Waals surface area contributed by atoms with Crippen LogP contribution in [0.4, 0.5) is 17.2 Å². The summed E-state index contributed by atoms with van der Waals surface area (Å²) in [6, 6.07) is 5.72. The lowest BCUT2D eigenvalue weighted by molar-refractivity contribution is -0.384. The number of aliphatic hydroxyl groups is 2. The number of aromatic nitrogens is 4. The summed E-state index contributed by atoms with van der Waals surface area (Å²) in [7, 11) is 0. The highest BCUT2D eigenvalue weighted by molar-refractivity contribution is 8.03. The van der Waals surface area contributed by atoms with Crippen LogP contribution in [0.3, 0.4) is 0 Å². The number of nitrogens with zero attached hydrogens (tertiary/aromatic N) is 6. The van der Waals surface area contributed by atoms with Gasteiger partial charge in [0.15, 0.2) is 28.9 Å². The van der Waals surface area contributed by atoms with E-state index in [4.69, 9.17) is 38.0 Å². The van der Waals surface area contributed by atoms with E-state index in [9.17, 15) is 25.1 Å². The lowest BCUT2D eigenvalue weighted by Crippen LogP contribution is -2.49. The van der Waals surface area contributed by atoms with Crippen LogP contribution in [0, 0.1) is 28.4 Å². The van der Waals surface area contributed by atoms with E-state index < -0.39 is 46.4 Å². The van der Waals surface area contributed by atoms with Gasteiger partial charge in [-0.3, -0.25) is 19.5 Å². The standard InChI is InChI=1S/C26H26ClN7O8S/c1-4-26(37)17(42-22(19(26)35)32-12-29-18-20(28)30-24(27)31-21(18)32)10-41-25-33(14-6-8-15(9-7-14)34(38)39)16(11-43-25)13(3)23(36)40-5-2/h1,6-9,11-13,17,19,22,25,35,37H,5,10H2,2-3H3,(H2,28,30,31)/t13?,17-,19+,22-,25?,26-/m1/s1. The zero-order valence-corrected chi connectivity index (χ0v) is 24.3. The second-order valence-corrected chi connectivity index (χ2v) is 10.8. The molecular weight excluding hydrogens is 606 g/mol. The lowest BCUT2D eigenvalue weighted by Gasteiger charge is -2.32. The molecule has 0 bridgehead atoms. The van der Waals surface area contributed by atoms with Crippen molar-refractivity contribution in [3.63, 3.8) is 0 Å². The summed E-state index contributed by atoms with van der Waals surface area (Å²) in [4.78, 5) is 37.1. The molecule has 1 fully saturated rings. The number of thioether (sulfide) groups is 1. The summed E-state index contributed by atoms with van der Waals surface area (Å²) < 4.78 is 18.7. The minimum absolute atomic E-state index is 0.0123. The van der Waals surface area contributed by atoms with E-state index >= 15 is 0 Å². The number of ether oxygens (including phenoxy) is 3. The fourth-order valence-corrected chi connectivity index (χ4v) is 6.04. The number of nitro groups is 1. The number of benzene rings is 1. The normalized spacial score (nSPS) is 25.9. The lowest BCUT2D eigenvalue weighted by atomic mass is 9.93. The Hall–Kier alpha value is -3.98. The molecule has 4 heterocycles. The first-order valence-electron chi connectivity index (χ1n) is 12.9. The van der Waals surface area contributed by atoms with Gasteiger partial charge in [0, 0.05) is 23.5 Å². The number of fused-ring (bicyclic) bond motifs is 1. The third-order valence-corrected chi connectivity index (χ3v) is 8.18. The number of halogens is 1. The summed E-state index contributed by atoms with van der Waals surface area (Å²) in [6.45, 7) is 3.24. The van der Waals surface area contributed by atoms with E-state index in [0.717, 1.165) is 0 Å². The van der Waals surface area contributed by atoms with E-state index in [2.05, 4.69) is 20.9 Å². The minimum Gasteiger partial charge on any atom is -0.465 e. The van der Waals surface area contributed by atoms with Crippen molar-refractivity contribution in [2.45, 2.75) is 43.4 Å². The number of anilines is 2. The van der Waals surface area contributed by atoms with Gasteiger partial charge in [-0.15, -0.1) is 6.42 Å². The number of nitrogen functional groups attached to an aromatic ring is 1. The number of hydrogen-bond donors (Lipinski definition) is 3. The monoisotopic (exact) mass is 631 g/mol. The van der Waals surface area contributed by atoms with Crippen molar-refractivity contribution in [3.05, 3.63) is 57.1 Å². The molecule has 17 heteroatoms. The molecule has 0 saturated carbocycles. The van der Waals surface area contributed by atoms with Crippen LogP contribution in [0.1, 0.15) is 20.1 Å². The van der Waals surface area contributed by atoms with E-state index in [1.54, 1.807) is 24.2 Å². The van der Waals surface area contributed by atoms with Gasteiger partial charge in [0.25, 0.3) is 5.69 Å². The molecule has 3 aromatic rings. The third-order valence-electron chi connectivity index (χ3n) is 7.05. The van der Waals surface area contributed by atoms with Gasteiger partial charge in [-0.25, -0.2) is 4.98 Å². The molecule has 2 aliphatic heterocycles. The maximum atomic E-state index is 12.6. The molecule has 2 unspecified atom stereocenters. The average Bonchev–Trinajstić information content (AvgIpc) is 3.66. The first kappa shape index (κ1) is 30.5. The van der Waals surface area contributed by atoms with Crippen molar-refractivity contribution < 1.29 is 34.1 Å². The average molecular weight is 632 g/mol. The van der Waals surface area contributed by atoms with Gasteiger partial charge in [-0.2, -0.15) is 9.97 Å². The predicted molar refractivity (Wildman–Crippen MR) is 155 cm³/mol. The summed E-state index contributed by atoms with van der Waals surface area (Å²) in [6.07, 6.45) is 2.85. The fraction of sp³-hybridized carbons (Fsp3) is 0.385. The minimum atomic E-state index is -2.19. The van der Waals surface area contributed by atoms with Gasteiger partial charge in [-0.1, -0.05) is 17.7 Å². The molecule has 5 rings (SSSR count). The van der Waals surface area contributed by atoms with Crippen molar-refractivity contribution in [2.24, 2.45) is 5.92 Å². The van der Waals surface area contributed by atoms with E-state index in [-0.39, 0.29) is 41.2 Å². The molecule has 4 N–H and O–H groups in total. The first-order valence-corrected chi connectivity index (χ1v) is 14.2. The van der Waals surface area contributed by atoms with Gasteiger partial charge < -0.3 is 35.1 Å². The molecule has 0 aliphatic carbocycles. The Bertz CT molecular complexity index is 1630. The highest BCUT2D eigenvalue weighted by Crippen LogP contribution is 2.43. The van der Waals surface area contributed by atoms with Crippen LogP contribution in [0.25, 0.3) is 11.2 Å². The Kier molecular flexibility index (Phi) is 8.47. The molecule has 15 nitrogen and oxygen atoms in total. The van der Waals surface area contributed by atoms with E-state index in [1.165, 1.54) is 46.9 Å². The third kappa shape index (κ3) is 5.46. The number of terminal acetylenes is 1. The molecular formula is C26H26ClN7O8S.